The van der Waals surface area contributed by atoms with E-state index in [0.717, 1.165) is 19.3 Å². The summed E-state index contributed by atoms with van der Waals surface area (Å²) in [5, 5.41) is 11.8. The second-order valence-corrected chi connectivity index (χ2v) is 6.18. The highest BCUT2D eigenvalue weighted by Crippen LogP contribution is 2.36. The molecule has 22 heavy (non-hydrogen) atoms. The molecule has 2 amide bonds. The summed E-state index contributed by atoms with van der Waals surface area (Å²) in [5.41, 5.74) is 1.73. The lowest BCUT2D eigenvalue weighted by molar-refractivity contribution is -0.126. The number of carbonyl (C=O) groups excluding carboxylic acids is 2. The zero-order valence-electron chi connectivity index (χ0n) is 12.6. The number of hydrogen-bond acceptors (Lipinski definition) is 3. The van der Waals surface area contributed by atoms with Crippen molar-refractivity contribution in [1.82, 2.24) is 0 Å². The maximum atomic E-state index is 12.9. The van der Waals surface area contributed by atoms with Gasteiger partial charge in [0.1, 0.15) is 6.54 Å². The average molecular weight is 297 g/mol. The van der Waals surface area contributed by atoms with Crippen molar-refractivity contribution in [3.63, 3.8) is 0 Å². The number of benzene rings is 1. The van der Waals surface area contributed by atoms with Crippen LogP contribution in [0.25, 0.3) is 0 Å². The van der Waals surface area contributed by atoms with Crippen LogP contribution in [0.1, 0.15) is 38.2 Å². The first kappa shape index (κ1) is 14.6. The number of nitrogens with zero attached hydrogens (tertiary/aromatic N) is 2. The molecule has 2 unspecified atom stereocenters. The van der Waals surface area contributed by atoms with E-state index < -0.39 is 0 Å². The van der Waals surface area contributed by atoms with Crippen molar-refractivity contribution >= 4 is 23.2 Å². The van der Waals surface area contributed by atoms with E-state index in [1.807, 2.05) is 0 Å². The molecule has 0 saturated heterocycles. The predicted molar refractivity (Wildman–Crippen MR) is 83.3 cm³/mol. The van der Waals surface area contributed by atoms with Crippen LogP contribution in [0.2, 0.25) is 0 Å². The molecule has 1 heterocycles. The first-order valence-corrected chi connectivity index (χ1v) is 7.75. The molecule has 1 aliphatic heterocycles. The van der Waals surface area contributed by atoms with Crippen LogP contribution in [-0.4, -0.2) is 18.4 Å². The molecule has 2 aliphatic rings. The number of amides is 2. The van der Waals surface area contributed by atoms with Crippen molar-refractivity contribution in [3.8, 4) is 6.07 Å². The molecule has 0 radical (unpaired) electrons. The van der Waals surface area contributed by atoms with Crippen LogP contribution in [0.15, 0.2) is 18.2 Å². The summed E-state index contributed by atoms with van der Waals surface area (Å²) in [6.07, 6.45) is 4.17. The van der Waals surface area contributed by atoms with Crippen molar-refractivity contribution in [1.29, 1.82) is 5.26 Å². The Labute approximate surface area is 129 Å². The summed E-state index contributed by atoms with van der Waals surface area (Å²) in [5.74, 6) is 0.138. The van der Waals surface area contributed by atoms with Crippen molar-refractivity contribution in [3.05, 3.63) is 23.8 Å². The molecule has 1 aliphatic carbocycles. The summed E-state index contributed by atoms with van der Waals surface area (Å²) in [4.78, 5) is 26.4. The summed E-state index contributed by atoms with van der Waals surface area (Å²) in [7, 11) is 0. The Kier molecular flexibility index (Phi) is 3.84. The molecule has 1 aromatic carbocycles. The fourth-order valence-corrected chi connectivity index (χ4v) is 3.43. The number of hydrogen-bond donors (Lipinski definition) is 1. The minimum absolute atomic E-state index is 0.0124. The number of nitrogens with one attached hydrogen (secondary N) is 1. The highest BCUT2D eigenvalue weighted by molar-refractivity contribution is 6.10. The molecule has 1 aromatic rings. The van der Waals surface area contributed by atoms with Gasteiger partial charge in [-0.1, -0.05) is 19.8 Å². The zero-order chi connectivity index (χ0) is 15.7. The minimum atomic E-state index is -0.186. The van der Waals surface area contributed by atoms with E-state index in [2.05, 4.69) is 18.3 Å². The van der Waals surface area contributed by atoms with Gasteiger partial charge >= 0.3 is 0 Å². The molecule has 2 atom stereocenters. The van der Waals surface area contributed by atoms with Crippen molar-refractivity contribution in [2.24, 2.45) is 11.8 Å². The fraction of sp³-hybridized carbons (Fsp3) is 0.471. The van der Waals surface area contributed by atoms with Crippen molar-refractivity contribution in [2.45, 2.75) is 32.6 Å². The summed E-state index contributed by atoms with van der Waals surface area (Å²) in [6.45, 7) is 2.14. The molecule has 1 saturated carbocycles. The first-order valence-electron chi connectivity index (χ1n) is 7.75. The quantitative estimate of drug-likeness (QED) is 0.866. The van der Waals surface area contributed by atoms with E-state index in [4.69, 9.17) is 5.26 Å². The molecule has 5 heteroatoms. The number of rotatable bonds is 1. The summed E-state index contributed by atoms with van der Waals surface area (Å²) < 4.78 is 0. The Hall–Kier alpha value is -2.35. The smallest absolute Gasteiger partial charge is 0.244 e. The Morgan fingerprint density at radius 3 is 2.86 bits per heavy atom. The van der Waals surface area contributed by atoms with Gasteiger partial charge in [0.15, 0.2) is 0 Å². The zero-order valence-corrected chi connectivity index (χ0v) is 12.6. The third-order valence-electron chi connectivity index (χ3n) is 4.69. The van der Waals surface area contributed by atoms with Gasteiger partial charge in [0.25, 0.3) is 0 Å². The van der Waals surface area contributed by atoms with Crippen LogP contribution in [0.5, 0.6) is 0 Å². The molecule has 1 fully saturated rings. The molecular weight excluding hydrogens is 278 g/mol. The lowest BCUT2D eigenvalue weighted by Crippen LogP contribution is -2.46. The van der Waals surface area contributed by atoms with E-state index in [1.54, 1.807) is 23.1 Å². The number of anilines is 2. The normalized spacial score (nSPS) is 24.2. The topological polar surface area (TPSA) is 73.2 Å². The van der Waals surface area contributed by atoms with Gasteiger partial charge in [-0.3, -0.25) is 9.59 Å². The second-order valence-electron chi connectivity index (χ2n) is 6.18. The van der Waals surface area contributed by atoms with Crippen LogP contribution >= 0.6 is 0 Å². The van der Waals surface area contributed by atoms with Gasteiger partial charge in [0.05, 0.1) is 23.0 Å². The second kappa shape index (κ2) is 5.80. The van der Waals surface area contributed by atoms with Gasteiger partial charge in [-0.15, -0.1) is 0 Å². The van der Waals surface area contributed by atoms with E-state index in [1.165, 1.54) is 6.42 Å². The predicted octanol–water partition coefficient (Wildman–Crippen LogP) is 2.67. The van der Waals surface area contributed by atoms with Crippen LogP contribution in [0.4, 0.5) is 11.4 Å². The molecule has 0 aromatic heterocycles. The third kappa shape index (κ3) is 2.57. The highest BCUT2D eigenvalue weighted by Gasteiger charge is 2.35. The third-order valence-corrected chi connectivity index (χ3v) is 4.69. The van der Waals surface area contributed by atoms with Gasteiger partial charge in [0, 0.05) is 5.92 Å². The van der Waals surface area contributed by atoms with Crippen molar-refractivity contribution < 1.29 is 9.59 Å². The van der Waals surface area contributed by atoms with Gasteiger partial charge in [-0.05, 0) is 37.0 Å². The molecule has 114 valence electrons. The van der Waals surface area contributed by atoms with Crippen LogP contribution in [-0.2, 0) is 9.59 Å². The lowest BCUT2D eigenvalue weighted by Gasteiger charge is -2.35. The largest absolute Gasteiger partial charge is 0.323 e. The van der Waals surface area contributed by atoms with Crippen LogP contribution < -0.4 is 10.2 Å². The Bertz CT molecular complexity index is 662. The van der Waals surface area contributed by atoms with Crippen LogP contribution in [0.3, 0.4) is 0 Å². The first-order chi connectivity index (χ1) is 10.6. The molecular formula is C17H19N3O2. The Morgan fingerprint density at radius 2 is 2.14 bits per heavy atom. The highest BCUT2D eigenvalue weighted by atomic mass is 16.2. The fourth-order valence-electron chi connectivity index (χ4n) is 3.43. The van der Waals surface area contributed by atoms with E-state index in [0.29, 0.717) is 22.9 Å². The maximum Gasteiger partial charge on any atom is 0.244 e. The SMILES string of the molecule is CC1CCCCC1C(=O)N1CC(=O)Nc2ccc(C#N)cc21. The number of fused-ring (bicyclic) bond motifs is 1. The molecule has 0 spiro atoms. The maximum absolute atomic E-state index is 12.9. The Morgan fingerprint density at radius 1 is 1.36 bits per heavy atom. The van der Waals surface area contributed by atoms with Gasteiger partial charge in [-0.25, -0.2) is 0 Å². The van der Waals surface area contributed by atoms with Crippen molar-refractivity contribution in [2.75, 3.05) is 16.8 Å². The summed E-state index contributed by atoms with van der Waals surface area (Å²) >= 11 is 0. The average Bonchev–Trinajstić information content (AvgIpc) is 2.53. The minimum Gasteiger partial charge on any atom is -0.323 e. The number of carbonyl (C=O) groups is 2. The Balaban J connectivity index is 1.95. The molecule has 5 nitrogen and oxygen atoms in total. The van der Waals surface area contributed by atoms with Gasteiger partial charge in [0.2, 0.25) is 11.8 Å². The van der Waals surface area contributed by atoms with Gasteiger partial charge < -0.3 is 10.2 Å². The monoisotopic (exact) mass is 297 g/mol. The van der Waals surface area contributed by atoms with E-state index in [9.17, 15) is 9.59 Å². The summed E-state index contributed by atoms with van der Waals surface area (Å²) in [6, 6.07) is 7.11. The van der Waals surface area contributed by atoms with Crippen LogP contribution in [0, 0.1) is 23.2 Å². The standard InChI is InChI=1S/C17H19N3O2/c1-11-4-2-3-5-13(11)17(22)20-10-16(21)19-14-7-6-12(9-18)8-15(14)20/h6-8,11,13H,2-5,10H2,1H3,(H,19,21). The molecule has 3 rings (SSSR count). The number of nitriles is 1. The van der Waals surface area contributed by atoms with E-state index in [-0.39, 0.29) is 24.3 Å². The molecule has 1 N–H and O–H groups in total. The van der Waals surface area contributed by atoms with E-state index >= 15 is 0 Å². The van der Waals surface area contributed by atoms with Gasteiger partial charge in [-0.2, -0.15) is 5.26 Å². The molecule has 0 bridgehead atoms. The lowest BCUT2D eigenvalue weighted by atomic mass is 9.79.